The van der Waals surface area contributed by atoms with Crippen molar-refractivity contribution in [2.45, 2.75) is 46.1 Å². The van der Waals surface area contributed by atoms with E-state index in [1.807, 2.05) is 24.3 Å². The number of hydrogen-bond donors (Lipinski definition) is 0. The molecule has 1 fully saturated rings. The third-order valence-electron chi connectivity index (χ3n) is 6.09. The molecule has 2 aromatic carbocycles. The molecule has 0 saturated carbocycles. The van der Waals surface area contributed by atoms with Gasteiger partial charge in [-0.1, -0.05) is 50.2 Å². The number of carbonyl (C=O) groups is 1. The summed E-state index contributed by atoms with van der Waals surface area (Å²) >= 11 is 0. The van der Waals surface area contributed by atoms with E-state index in [0.717, 1.165) is 29.8 Å². The van der Waals surface area contributed by atoms with Crippen LogP contribution < -0.4 is 4.74 Å². The molecule has 1 aliphatic rings. The van der Waals surface area contributed by atoms with Crippen molar-refractivity contribution >= 4 is 5.78 Å². The fraction of sp³-hybridized carbons (Fsp3) is 0.444. The van der Waals surface area contributed by atoms with Crippen LogP contribution in [-0.2, 0) is 17.8 Å². The SMILES string of the molecule is COc1cccc(-c2nc(-c3ccc(CCN4CCCC4)cc3)nn2CC(=O)CC(C)C)c1. The largest absolute Gasteiger partial charge is 0.497 e. The summed E-state index contributed by atoms with van der Waals surface area (Å²) in [6.45, 7) is 7.89. The van der Waals surface area contributed by atoms with Crippen LogP contribution in [0.1, 0.15) is 38.7 Å². The van der Waals surface area contributed by atoms with Crippen molar-refractivity contribution in [3.8, 4) is 28.5 Å². The van der Waals surface area contributed by atoms with Crippen LogP contribution in [0.4, 0.5) is 0 Å². The first-order valence-corrected chi connectivity index (χ1v) is 11.9. The molecule has 2 heterocycles. The first kappa shape index (κ1) is 23.2. The number of ketones is 1. The van der Waals surface area contributed by atoms with Crippen LogP contribution in [0.25, 0.3) is 22.8 Å². The zero-order valence-corrected chi connectivity index (χ0v) is 20.0. The molecule has 0 N–H and O–H groups in total. The molecule has 0 unspecified atom stereocenters. The highest BCUT2D eigenvalue weighted by atomic mass is 16.5. The molecule has 1 aliphatic heterocycles. The number of likely N-dealkylation sites (tertiary alicyclic amines) is 1. The topological polar surface area (TPSA) is 60.2 Å². The lowest BCUT2D eigenvalue weighted by molar-refractivity contribution is -0.120. The summed E-state index contributed by atoms with van der Waals surface area (Å²) in [5.41, 5.74) is 3.16. The van der Waals surface area contributed by atoms with Crippen LogP contribution in [-0.4, -0.2) is 52.2 Å². The van der Waals surface area contributed by atoms with E-state index in [1.54, 1.807) is 11.8 Å². The molecule has 1 aromatic heterocycles. The molecule has 0 spiro atoms. The maximum atomic E-state index is 12.6. The van der Waals surface area contributed by atoms with Crippen LogP contribution in [0, 0.1) is 5.92 Å². The fourth-order valence-corrected chi connectivity index (χ4v) is 4.35. The maximum Gasteiger partial charge on any atom is 0.181 e. The second kappa shape index (κ2) is 10.8. The van der Waals surface area contributed by atoms with Gasteiger partial charge in [-0.2, -0.15) is 0 Å². The number of carbonyl (C=O) groups excluding carboxylic acids is 1. The van der Waals surface area contributed by atoms with Crippen LogP contribution >= 0.6 is 0 Å². The van der Waals surface area contributed by atoms with E-state index >= 15 is 0 Å². The maximum absolute atomic E-state index is 12.6. The average molecular weight is 447 g/mol. The smallest absolute Gasteiger partial charge is 0.181 e. The van der Waals surface area contributed by atoms with Crippen molar-refractivity contribution < 1.29 is 9.53 Å². The predicted octanol–water partition coefficient (Wildman–Crippen LogP) is 4.87. The molecule has 0 bridgehead atoms. The number of Topliss-reactive ketones (excluding diaryl/α,β-unsaturated/α-hetero) is 1. The van der Waals surface area contributed by atoms with Gasteiger partial charge in [0.25, 0.3) is 0 Å². The summed E-state index contributed by atoms with van der Waals surface area (Å²) in [4.78, 5) is 19.9. The molecule has 4 rings (SSSR count). The number of hydrogen-bond acceptors (Lipinski definition) is 5. The molecule has 0 atom stereocenters. The summed E-state index contributed by atoms with van der Waals surface area (Å²) in [6.07, 6.45) is 4.23. The summed E-state index contributed by atoms with van der Waals surface area (Å²) < 4.78 is 7.12. The van der Waals surface area contributed by atoms with Crippen molar-refractivity contribution in [1.82, 2.24) is 19.7 Å². The van der Waals surface area contributed by atoms with E-state index in [-0.39, 0.29) is 12.3 Å². The lowest BCUT2D eigenvalue weighted by Gasteiger charge is -2.14. The molecule has 1 saturated heterocycles. The minimum atomic E-state index is 0.155. The second-order valence-corrected chi connectivity index (χ2v) is 9.28. The van der Waals surface area contributed by atoms with Crippen molar-refractivity contribution in [2.75, 3.05) is 26.7 Å². The molecular formula is C27H34N4O2. The van der Waals surface area contributed by atoms with Crippen molar-refractivity contribution in [1.29, 1.82) is 0 Å². The molecule has 33 heavy (non-hydrogen) atoms. The van der Waals surface area contributed by atoms with Crippen molar-refractivity contribution in [3.05, 3.63) is 54.1 Å². The number of aromatic nitrogens is 3. The minimum Gasteiger partial charge on any atom is -0.497 e. The minimum absolute atomic E-state index is 0.155. The van der Waals surface area contributed by atoms with Crippen LogP contribution in [0.5, 0.6) is 5.75 Å². The number of nitrogens with zero attached hydrogens (tertiary/aromatic N) is 4. The van der Waals surface area contributed by atoms with E-state index in [2.05, 4.69) is 43.0 Å². The normalized spacial score (nSPS) is 14.2. The van der Waals surface area contributed by atoms with Gasteiger partial charge in [-0.15, -0.1) is 5.10 Å². The third-order valence-corrected chi connectivity index (χ3v) is 6.09. The highest BCUT2D eigenvalue weighted by Crippen LogP contribution is 2.26. The van der Waals surface area contributed by atoms with Crippen LogP contribution in [0.3, 0.4) is 0 Å². The first-order chi connectivity index (χ1) is 16.0. The van der Waals surface area contributed by atoms with E-state index < -0.39 is 0 Å². The van der Waals surface area contributed by atoms with Gasteiger partial charge in [0.2, 0.25) is 0 Å². The number of benzene rings is 2. The zero-order chi connectivity index (χ0) is 23.2. The Kier molecular flexibility index (Phi) is 7.55. The molecule has 0 aliphatic carbocycles. The molecule has 6 heteroatoms. The number of ether oxygens (including phenoxy) is 1. The predicted molar refractivity (Wildman–Crippen MR) is 131 cm³/mol. The van der Waals surface area contributed by atoms with Gasteiger partial charge in [0, 0.05) is 24.1 Å². The Balaban J connectivity index is 1.57. The van der Waals surface area contributed by atoms with E-state index in [0.29, 0.717) is 24.0 Å². The number of rotatable bonds is 10. The van der Waals surface area contributed by atoms with Gasteiger partial charge < -0.3 is 9.64 Å². The summed E-state index contributed by atoms with van der Waals surface area (Å²) in [5, 5.41) is 4.73. The lowest BCUT2D eigenvalue weighted by atomic mass is 10.1. The van der Waals surface area contributed by atoms with Crippen LogP contribution in [0.2, 0.25) is 0 Å². The van der Waals surface area contributed by atoms with Crippen LogP contribution in [0.15, 0.2) is 48.5 Å². The summed E-state index contributed by atoms with van der Waals surface area (Å²) in [7, 11) is 1.65. The Morgan fingerprint density at radius 3 is 2.52 bits per heavy atom. The Morgan fingerprint density at radius 2 is 1.82 bits per heavy atom. The Hall–Kier alpha value is -2.99. The van der Waals surface area contributed by atoms with Gasteiger partial charge in [0.15, 0.2) is 17.4 Å². The highest BCUT2D eigenvalue weighted by Gasteiger charge is 2.17. The Morgan fingerprint density at radius 1 is 1.06 bits per heavy atom. The van der Waals surface area contributed by atoms with Crippen molar-refractivity contribution in [2.24, 2.45) is 5.92 Å². The molecule has 0 radical (unpaired) electrons. The van der Waals surface area contributed by atoms with Gasteiger partial charge in [0.05, 0.1) is 7.11 Å². The van der Waals surface area contributed by atoms with Gasteiger partial charge in [0.1, 0.15) is 12.3 Å². The van der Waals surface area contributed by atoms with E-state index in [9.17, 15) is 4.79 Å². The summed E-state index contributed by atoms with van der Waals surface area (Å²) in [5.74, 6) is 2.53. The summed E-state index contributed by atoms with van der Waals surface area (Å²) in [6, 6.07) is 16.2. The highest BCUT2D eigenvalue weighted by molar-refractivity contribution is 5.79. The van der Waals surface area contributed by atoms with Crippen molar-refractivity contribution in [3.63, 3.8) is 0 Å². The third kappa shape index (κ3) is 6.08. The monoisotopic (exact) mass is 446 g/mol. The van der Waals surface area contributed by atoms with Gasteiger partial charge in [-0.05, 0) is 56.0 Å². The van der Waals surface area contributed by atoms with Gasteiger partial charge in [-0.3, -0.25) is 4.79 Å². The number of methoxy groups -OCH3 is 1. The quantitative estimate of drug-likeness (QED) is 0.444. The average Bonchev–Trinajstić information content (AvgIpc) is 3.48. The van der Waals surface area contributed by atoms with Gasteiger partial charge in [-0.25, -0.2) is 9.67 Å². The molecule has 6 nitrogen and oxygen atoms in total. The lowest BCUT2D eigenvalue weighted by Crippen LogP contribution is -2.21. The Labute approximate surface area is 196 Å². The molecule has 174 valence electrons. The zero-order valence-electron chi connectivity index (χ0n) is 20.0. The molecule has 0 amide bonds. The van der Waals surface area contributed by atoms with E-state index in [1.165, 1.54) is 31.5 Å². The molecule has 3 aromatic rings. The fourth-order valence-electron chi connectivity index (χ4n) is 4.35. The molecular weight excluding hydrogens is 412 g/mol. The van der Waals surface area contributed by atoms with Gasteiger partial charge >= 0.3 is 0 Å². The van der Waals surface area contributed by atoms with E-state index in [4.69, 9.17) is 14.8 Å². The second-order valence-electron chi connectivity index (χ2n) is 9.28. The Bertz CT molecular complexity index is 1070. The standard InChI is InChI=1S/C27H34N4O2/c1-20(2)17-24(32)19-31-27(23-7-6-8-25(18-23)33-3)28-26(29-31)22-11-9-21(10-12-22)13-16-30-14-4-5-15-30/h6-12,18,20H,4-5,13-17,19H2,1-3H3. The first-order valence-electron chi connectivity index (χ1n) is 11.9.